The number of anilines is 1. The van der Waals surface area contributed by atoms with Gasteiger partial charge in [0, 0.05) is 25.1 Å². The van der Waals surface area contributed by atoms with Gasteiger partial charge in [-0.1, -0.05) is 43.0 Å². The summed E-state index contributed by atoms with van der Waals surface area (Å²) in [7, 11) is 4.19. The molecule has 1 N–H and O–H groups in total. The minimum Gasteiger partial charge on any atom is -0.385 e. The standard InChI is InChI=1S/C22H27N2O/c1-4-18(25)16-24(2,3)14-8-13-23-22-12-7-11-20-19-10-6-5-9-17(19)15-21(20)22/h4-7,9-12,23H,1,8,13-16H2,2-3H3/q+1. The lowest BCUT2D eigenvalue weighted by atomic mass is 10.0. The molecule has 25 heavy (non-hydrogen) atoms. The monoisotopic (exact) mass is 335 g/mol. The van der Waals surface area contributed by atoms with E-state index >= 15 is 0 Å². The van der Waals surface area contributed by atoms with Crippen LogP contribution in [0.2, 0.25) is 0 Å². The molecule has 2 aromatic carbocycles. The van der Waals surface area contributed by atoms with Crippen LogP contribution in [0.15, 0.2) is 55.1 Å². The molecular formula is C22H27N2O+. The van der Waals surface area contributed by atoms with Crippen LogP contribution in [0.1, 0.15) is 17.5 Å². The van der Waals surface area contributed by atoms with Crippen molar-refractivity contribution in [2.75, 3.05) is 39.0 Å². The van der Waals surface area contributed by atoms with Crippen LogP contribution in [0.3, 0.4) is 0 Å². The lowest BCUT2D eigenvalue weighted by Gasteiger charge is -2.28. The number of nitrogens with zero attached hydrogens (tertiary/aromatic N) is 1. The number of ketones is 1. The van der Waals surface area contributed by atoms with Crippen molar-refractivity contribution in [2.45, 2.75) is 12.8 Å². The van der Waals surface area contributed by atoms with Gasteiger partial charge in [-0.05, 0) is 34.4 Å². The SMILES string of the molecule is C=CC(=O)C[N+](C)(C)CCCNc1cccc2c1Cc1ccccc1-2. The van der Waals surface area contributed by atoms with Crippen LogP contribution in [0.25, 0.3) is 11.1 Å². The van der Waals surface area contributed by atoms with Gasteiger partial charge in [-0.3, -0.25) is 4.79 Å². The smallest absolute Gasteiger partial charge is 0.209 e. The zero-order valence-electron chi connectivity index (χ0n) is 15.2. The summed E-state index contributed by atoms with van der Waals surface area (Å²) in [5.41, 5.74) is 6.77. The van der Waals surface area contributed by atoms with Crippen LogP contribution < -0.4 is 5.32 Å². The summed E-state index contributed by atoms with van der Waals surface area (Å²) in [6.07, 6.45) is 3.45. The van der Waals surface area contributed by atoms with E-state index in [1.165, 1.54) is 34.0 Å². The Balaban J connectivity index is 1.59. The Hall–Kier alpha value is -2.39. The van der Waals surface area contributed by atoms with Crippen molar-refractivity contribution in [3.8, 4) is 11.1 Å². The lowest BCUT2D eigenvalue weighted by molar-refractivity contribution is -0.882. The van der Waals surface area contributed by atoms with Crippen LogP contribution >= 0.6 is 0 Å². The molecule has 0 atom stereocenters. The van der Waals surface area contributed by atoms with Crippen LogP contribution in [0.4, 0.5) is 5.69 Å². The Morgan fingerprint density at radius 2 is 1.92 bits per heavy atom. The molecule has 0 fully saturated rings. The van der Waals surface area contributed by atoms with E-state index < -0.39 is 0 Å². The fourth-order valence-electron chi connectivity index (χ4n) is 3.62. The molecule has 0 radical (unpaired) electrons. The Kier molecular flexibility index (Phi) is 5.05. The summed E-state index contributed by atoms with van der Waals surface area (Å²) < 4.78 is 0.699. The third-order valence-corrected chi connectivity index (χ3v) is 4.92. The van der Waals surface area contributed by atoms with Crippen LogP contribution in [-0.2, 0) is 11.2 Å². The third kappa shape index (κ3) is 3.99. The molecule has 3 nitrogen and oxygen atoms in total. The van der Waals surface area contributed by atoms with Crippen molar-refractivity contribution in [1.82, 2.24) is 0 Å². The third-order valence-electron chi connectivity index (χ3n) is 4.92. The van der Waals surface area contributed by atoms with Gasteiger partial charge in [0.25, 0.3) is 0 Å². The first kappa shape index (κ1) is 17.4. The first-order valence-electron chi connectivity index (χ1n) is 8.91. The second kappa shape index (κ2) is 7.24. The average molecular weight is 335 g/mol. The van der Waals surface area contributed by atoms with E-state index in [0.29, 0.717) is 11.0 Å². The summed E-state index contributed by atoms with van der Waals surface area (Å²) >= 11 is 0. The molecule has 1 aliphatic carbocycles. The van der Waals surface area contributed by atoms with Gasteiger partial charge in [0.1, 0.15) is 6.54 Å². The second-order valence-electron chi connectivity index (χ2n) is 7.43. The van der Waals surface area contributed by atoms with Gasteiger partial charge < -0.3 is 9.80 Å². The quantitative estimate of drug-likeness (QED) is 0.384. The Morgan fingerprint density at radius 1 is 1.16 bits per heavy atom. The predicted molar refractivity (Wildman–Crippen MR) is 105 cm³/mol. The Morgan fingerprint density at radius 3 is 2.72 bits per heavy atom. The van der Waals surface area contributed by atoms with Gasteiger partial charge in [0.15, 0.2) is 0 Å². The molecule has 0 unspecified atom stereocenters. The highest BCUT2D eigenvalue weighted by atomic mass is 16.1. The van der Waals surface area contributed by atoms with Crippen LogP contribution in [0.5, 0.6) is 0 Å². The number of carbonyl (C=O) groups excluding carboxylic acids is 1. The Labute approximate surface area is 150 Å². The molecule has 3 heteroatoms. The molecular weight excluding hydrogens is 308 g/mol. The number of likely N-dealkylation sites (N-methyl/N-ethyl adjacent to an activating group) is 1. The molecule has 0 saturated heterocycles. The van der Waals surface area contributed by atoms with Gasteiger partial charge in [-0.25, -0.2) is 0 Å². The number of fused-ring (bicyclic) bond motifs is 3. The minimum atomic E-state index is 0.108. The maximum atomic E-state index is 11.6. The molecule has 0 spiro atoms. The zero-order valence-corrected chi connectivity index (χ0v) is 15.2. The molecule has 0 bridgehead atoms. The molecule has 0 saturated carbocycles. The van der Waals surface area contributed by atoms with Gasteiger partial charge in [0.05, 0.1) is 20.6 Å². The van der Waals surface area contributed by atoms with E-state index in [9.17, 15) is 4.79 Å². The van der Waals surface area contributed by atoms with E-state index in [0.717, 1.165) is 25.9 Å². The first-order valence-corrected chi connectivity index (χ1v) is 8.91. The summed E-state index contributed by atoms with van der Waals surface area (Å²) in [6, 6.07) is 15.2. The van der Waals surface area contributed by atoms with Crippen molar-refractivity contribution in [2.24, 2.45) is 0 Å². The highest BCUT2D eigenvalue weighted by Gasteiger charge is 2.21. The number of benzene rings is 2. The summed E-state index contributed by atoms with van der Waals surface area (Å²) in [4.78, 5) is 11.6. The van der Waals surface area contributed by atoms with Gasteiger partial charge in [0.2, 0.25) is 5.78 Å². The second-order valence-corrected chi connectivity index (χ2v) is 7.43. The number of hydrogen-bond acceptors (Lipinski definition) is 2. The Bertz CT molecular complexity index is 792. The highest BCUT2D eigenvalue weighted by Crippen LogP contribution is 2.39. The number of hydrogen-bond donors (Lipinski definition) is 1. The fourth-order valence-corrected chi connectivity index (χ4v) is 3.62. The molecule has 1 aliphatic rings. The summed E-state index contributed by atoms with van der Waals surface area (Å²) in [5.74, 6) is 0.108. The summed E-state index contributed by atoms with van der Waals surface area (Å²) in [6.45, 7) is 5.95. The van der Waals surface area contributed by atoms with E-state index in [1.54, 1.807) is 0 Å². The van der Waals surface area contributed by atoms with Gasteiger partial charge in [-0.2, -0.15) is 0 Å². The van der Waals surface area contributed by atoms with E-state index in [2.05, 4.69) is 68.5 Å². The zero-order chi connectivity index (χ0) is 17.9. The maximum absolute atomic E-state index is 11.6. The fraction of sp³-hybridized carbons (Fsp3) is 0.318. The average Bonchev–Trinajstić information content (AvgIpc) is 2.98. The van der Waals surface area contributed by atoms with Crippen molar-refractivity contribution >= 4 is 11.5 Å². The summed E-state index contributed by atoms with van der Waals surface area (Å²) in [5, 5.41) is 3.60. The normalized spacial score (nSPS) is 12.4. The lowest BCUT2D eigenvalue weighted by Crippen LogP contribution is -2.44. The molecule has 0 aliphatic heterocycles. The van der Waals surface area contributed by atoms with Crippen molar-refractivity contribution < 1.29 is 9.28 Å². The first-order chi connectivity index (χ1) is 12.0. The number of carbonyl (C=O) groups is 1. The van der Waals surface area contributed by atoms with E-state index in [1.807, 2.05) is 0 Å². The van der Waals surface area contributed by atoms with Gasteiger partial charge >= 0.3 is 0 Å². The minimum absolute atomic E-state index is 0.108. The topological polar surface area (TPSA) is 29.1 Å². The van der Waals surface area contributed by atoms with Crippen molar-refractivity contribution in [3.63, 3.8) is 0 Å². The highest BCUT2D eigenvalue weighted by molar-refractivity contribution is 5.90. The van der Waals surface area contributed by atoms with Crippen LogP contribution in [-0.4, -0.2) is 44.0 Å². The largest absolute Gasteiger partial charge is 0.385 e. The molecule has 130 valence electrons. The van der Waals surface area contributed by atoms with E-state index in [4.69, 9.17) is 0 Å². The maximum Gasteiger partial charge on any atom is 0.209 e. The predicted octanol–water partition coefficient (Wildman–Crippen LogP) is 3.89. The molecule has 0 heterocycles. The van der Waals surface area contributed by atoms with Crippen molar-refractivity contribution in [3.05, 3.63) is 66.2 Å². The van der Waals surface area contributed by atoms with E-state index in [-0.39, 0.29) is 5.78 Å². The number of quaternary nitrogens is 1. The molecule has 0 amide bonds. The van der Waals surface area contributed by atoms with Gasteiger partial charge in [-0.15, -0.1) is 0 Å². The molecule has 3 rings (SSSR count). The number of rotatable bonds is 8. The molecule has 0 aromatic heterocycles. The number of nitrogens with one attached hydrogen (secondary N) is 1. The van der Waals surface area contributed by atoms with Crippen molar-refractivity contribution in [1.29, 1.82) is 0 Å². The van der Waals surface area contributed by atoms with Crippen LogP contribution in [0, 0.1) is 0 Å². The molecule has 2 aromatic rings.